The Morgan fingerprint density at radius 1 is 0.808 bits per heavy atom. The normalized spacial score (nSPS) is 22.0. The Hall–Kier alpha value is -6.64. The van der Waals surface area contributed by atoms with E-state index < -0.39 is 138 Å². The maximum Gasteiger partial charge on any atom is 0.246 e. The molecule has 404 valence electrons. The first-order valence-corrected chi connectivity index (χ1v) is 26.4. The number of hydrogen-bond acceptors (Lipinski definition) is 14. The molecule has 11 amide bonds. The lowest BCUT2D eigenvalue weighted by atomic mass is 9.85. The van der Waals surface area contributed by atoms with Gasteiger partial charge in [0.25, 0.3) is 0 Å². The largest absolute Gasteiger partial charge is 0.370 e. The van der Waals surface area contributed by atoms with Crippen molar-refractivity contribution in [3.05, 3.63) is 35.9 Å². The summed E-state index contributed by atoms with van der Waals surface area (Å²) in [5.41, 5.74) is 27.7. The molecule has 1 heterocycles. The van der Waals surface area contributed by atoms with Gasteiger partial charge in [-0.2, -0.15) is 0 Å². The summed E-state index contributed by atoms with van der Waals surface area (Å²) < 4.78 is -0.710. The second-order valence-electron chi connectivity index (χ2n) is 18.3. The molecule has 73 heavy (non-hydrogen) atoms. The summed E-state index contributed by atoms with van der Waals surface area (Å²) in [5, 5.41) is 18.1. The Kier molecular flexibility index (Phi) is 25.3. The lowest BCUT2D eigenvalue weighted by molar-refractivity contribution is -0.139. The van der Waals surface area contributed by atoms with E-state index in [1.807, 2.05) is 0 Å². The van der Waals surface area contributed by atoms with Crippen LogP contribution in [0.3, 0.4) is 0 Å². The van der Waals surface area contributed by atoms with Crippen LogP contribution in [0.25, 0.3) is 0 Å². The van der Waals surface area contributed by atoms with Gasteiger partial charge in [-0.3, -0.25) is 57.7 Å². The molecule has 27 heteroatoms. The molecule has 1 unspecified atom stereocenters. The van der Waals surface area contributed by atoms with Crippen LogP contribution in [0.15, 0.2) is 35.3 Å². The van der Waals surface area contributed by atoms with Crippen molar-refractivity contribution in [2.75, 3.05) is 32.4 Å². The first-order chi connectivity index (χ1) is 34.5. The van der Waals surface area contributed by atoms with E-state index in [0.717, 1.165) is 40.5 Å². The molecule has 25 nitrogen and oxygen atoms in total. The molecule has 1 saturated heterocycles. The minimum Gasteiger partial charge on any atom is -0.370 e. The average Bonchev–Trinajstić information content (AvgIpc) is 3.33. The van der Waals surface area contributed by atoms with Gasteiger partial charge in [0.1, 0.15) is 36.3 Å². The minimum absolute atomic E-state index is 0.0104. The smallest absolute Gasteiger partial charge is 0.246 e. The summed E-state index contributed by atoms with van der Waals surface area (Å²) in [6, 6.07) is 0.533. The highest BCUT2D eigenvalue weighted by Gasteiger charge is 2.40. The zero-order valence-corrected chi connectivity index (χ0v) is 43.2. The summed E-state index contributed by atoms with van der Waals surface area (Å²) >= 11 is 0. The van der Waals surface area contributed by atoms with E-state index in [2.05, 4.69) is 42.2 Å². The molecule has 2 aliphatic rings. The maximum atomic E-state index is 14.4. The first-order valence-electron chi connectivity index (χ1n) is 24.1. The van der Waals surface area contributed by atoms with Crippen molar-refractivity contribution in [1.82, 2.24) is 42.1 Å². The molecule has 1 aliphatic carbocycles. The molecule has 1 aromatic carbocycles. The Morgan fingerprint density at radius 3 is 2.07 bits per heavy atom. The van der Waals surface area contributed by atoms with Crippen molar-refractivity contribution in [3.8, 4) is 0 Å². The van der Waals surface area contributed by atoms with Gasteiger partial charge in [0.05, 0.1) is 19.5 Å². The van der Waals surface area contributed by atoms with Crippen LogP contribution >= 0.6 is 21.6 Å². The van der Waals surface area contributed by atoms with Gasteiger partial charge in [-0.15, -0.1) is 0 Å². The number of hydrogen-bond donors (Lipinski definition) is 12. The fourth-order valence-electron chi connectivity index (χ4n) is 8.08. The number of aliphatic imine (C=N–C) groups is 1. The Labute approximate surface area is 432 Å². The van der Waals surface area contributed by atoms with Gasteiger partial charge in [-0.25, -0.2) is 0 Å². The standard InChI is InChI=1S/C46H72N14O11S2/c1-4-26(2)38-43(70)56-29(15-16-33(47)61)40(67)57-31(21-34(48)62)41(68)58-32(44(71)60(3)24-37(65)54-28(14-11-19-52-45(50)51)39(66)53-23-35(49)63)25-72-73-46(17-9-6-10-18-46)22-36(64)55-30(42(69)59-38)20-27-12-7-5-8-13-27/h5,7-8,12-13,26,28-32,38H,4,6,9-11,14-25H2,1-3H3,(H2,47,61)(H2,48,62)(H2,49,63)(H,53,66)(H,54,65)(H,55,64)(H,56,70)(H,57,67)(H,58,68)(H,59,69)(H4,50,51,52)/t26-,28-,29?,30+,31-,32-,38-/m0/s1. The van der Waals surface area contributed by atoms with E-state index in [9.17, 15) is 52.7 Å². The number of nitrogens with zero attached hydrogens (tertiary/aromatic N) is 2. The topological polar surface area (TPSA) is 418 Å². The molecule has 1 aliphatic heterocycles. The molecule has 1 aromatic rings. The van der Waals surface area contributed by atoms with Gasteiger partial charge in [0.2, 0.25) is 65.0 Å². The van der Waals surface area contributed by atoms with Gasteiger partial charge < -0.3 is 70.8 Å². The van der Waals surface area contributed by atoms with Gasteiger partial charge in [-0.1, -0.05) is 91.5 Å². The van der Waals surface area contributed by atoms with Crippen LogP contribution in [-0.2, 0) is 59.2 Å². The predicted octanol–water partition coefficient (Wildman–Crippen LogP) is -3.07. The van der Waals surface area contributed by atoms with Crippen molar-refractivity contribution in [2.45, 2.75) is 138 Å². The highest BCUT2D eigenvalue weighted by molar-refractivity contribution is 8.77. The number of amides is 11. The predicted molar refractivity (Wildman–Crippen MR) is 274 cm³/mol. The quantitative estimate of drug-likeness (QED) is 0.0267. The van der Waals surface area contributed by atoms with Crippen LogP contribution in [0.2, 0.25) is 0 Å². The molecule has 17 N–H and O–H groups in total. The van der Waals surface area contributed by atoms with E-state index in [1.165, 1.54) is 17.8 Å². The summed E-state index contributed by atoms with van der Waals surface area (Å²) in [5.74, 6) is -10.1. The molecule has 0 bridgehead atoms. The molecule has 7 atom stereocenters. The third-order valence-electron chi connectivity index (χ3n) is 12.2. The van der Waals surface area contributed by atoms with E-state index in [-0.39, 0.29) is 50.4 Å². The van der Waals surface area contributed by atoms with E-state index in [4.69, 9.17) is 28.7 Å². The zero-order valence-electron chi connectivity index (χ0n) is 41.5. The molecule has 2 fully saturated rings. The van der Waals surface area contributed by atoms with Crippen LogP contribution in [0.4, 0.5) is 0 Å². The van der Waals surface area contributed by atoms with Gasteiger partial charge in [0.15, 0.2) is 5.96 Å². The number of rotatable bonds is 20. The maximum absolute atomic E-state index is 14.4. The first kappa shape index (κ1) is 60.7. The second-order valence-corrected chi connectivity index (χ2v) is 21.1. The second kappa shape index (κ2) is 30.4. The van der Waals surface area contributed by atoms with Crippen molar-refractivity contribution in [2.24, 2.45) is 39.6 Å². The fraction of sp³-hybridized carbons (Fsp3) is 0.609. The van der Waals surface area contributed by atoms with Crippen LogP contribution < -0.4 is 65.9 Å². The Morgan fingerprint density at radius 2 is 1.45 bits per heavy atom. The third-order valence-corrected chi connectivity index (χ3v) is 15.5. The lowest BCUT2D eigenvalue weighted by Crippen LogP contribution is -2.61. The van der Waals surface area contributed by atoms with Crippen molar-refractivity contribution in [1.29, 1.82) is 0 Å². The average molecular weight is 1060 g/mol. The zero-order chi connectivity index (χ0) is 54.3. The van der Waals surface area contributed by atoms with E-state index in [1.54, 1.807) is 44.2 Å². The van der Waals surface area contributed by atoms with Crippen molar-refractivity contribution >= 4 is 92.5 Å². The highest BCUT2D eigenvalue weighted by Crippen LogP contribution is 2.48. The summed E-state index contributed by atoms with van der Waals surface area (Å²) in [6.45, 7) is 2.41. The minimum atomic E-state index is -1.75. The number of carbonyl (C=O) groups is 11. The Balaban J connectivity index is 2.08. The number of guanidine groups is 1. The van der Waals surface area contributed by atoms with Crippen molar-refractivity contribution < 1.29 is 52.7 Å². The molecule has 3 rings (SSSR count). The van der Waals surface area contributed by atoms with Crippen LogP contribution in [-0.4, -0.2) is 149 Å². The molecule has 0 aromatic heterocycles. The van der Waals surface area contributed by atoms with Gasteiger partial charge >= 0.3 is 0 Å². The number of likely N-dealkylation sites (N-methyl/N-ethyl adjacent to an activating group) is 1. The number of primary amides is 3. The monoisotopic (exact) mass is 1060 g/mol. The van der Waals surface area contributed by atoms with Gasteiger partial charge in [-0.05, 0) is 43.6 Å². The molecular formula is C46H72N14O11S2. The summed E-state index contributed by atoms with van der Waals surface area (Å²) in [4.78, 5) is 153. The molecule has 0 radical (unpaired) electrons. The molecule has 1 saturated carbocycles. The summed E-state index contributed by atoms with van der Waals surface area (Å²) in [7, 11) is 3.75. The Bertz CT molecular complexity index is 2160. The van der Waals surface area contributed by atoms with E-state index in [0.29, 0.717) is 19.3 Å². The van der Waals surface area contributed by atoms with E-state index >= 15 is 0 Å². The van der Waals surface area contributed by atoms with Crippen molar-refractivity contribution in [3.63, 3.8) is 0 Å². The number of nitrogens with one attached hydrogen (secondary N) is 7. The molecular weight excluding hydrogens is 989 g/mol. The number of carbonyl (C=O) groups excluding carboxylic acids is 11. The number of benzene rings is 1. The summed E-state index contributed by atoms with van der Waals surface area (Å²) in [6.07, 6.45) is 2.64. The number of nitrogens with two attached hydrogens (primary N) is 5. The molecule has 1 spiro atoms. The van der Waals surface area contributed by atoms with Gasteiger partial charge in [0, 0.05) is 43.4 Å². The van der Waals surface area contributed by atoms with Crippen LogP contribution in [0.1, 0.15) is 96.5 Å². The fourth-order valence-corrected chi connectivity index (χ4v) is 11.4. The third kappa shape index (κ3) is 21.5. The van der Waals surface area contributed by atoms with Crippen LogP contribution in [0, 0.1) is 5.92 Å². The highest BCUT2D eigenvalue weighted by atomic mass is 33.1. The lowest BCUT2D eigenvalue weighted by Gasteiger charge is -2.36. The van der Waals surface area contributed by atoms with Crippen LogP contribution in [0.5, 0.6) is 0 Å². The SMILES string of the molecule is CC[C@H](C)[C@@H]1NC(=O)[C@@H](Cc2ccccc2)NC(=O)CC2(CCCCC2)SSC[C@@H](C(=O)N(C)CC(=O)N[C@@H](CCCN=C(N)N)C(=O)NCC(N)=O)NC(=O)[C@H](CC(N)=O)NC(=O)C(CCC(N)=O)NC1=O.